The van der Waals surface area contributed by atoms with Gasteiger partial charge in [0.15, 0.2) is 0 Å². The molecule has 0 radical (unpaired) electrons. The van der Waals surface area contributed by atoms with Crippen LogP contribution in [0, 0.1) is 15.9 Å². The summed E-state index contributed by atoms with van der Waals surface area (Å²) in [6.45, 7) is 7.27. The average Bonchev–Trinajstić information content (AvgIpc) is 2.27. The first-order chi connectivity index (χ1) is 8.64. The van der Waals surface area contributed by atoms with Gasteiger partial charge in [0.1, 0.15) is 6.04 Å². The summed E-state index contributed by atoms with van der Waals surface area (Å²) in [6.07, 6.45) is 0. The van der Waals surface area contributed by atoms with Gasteiger partial charge in [-0.15, -0.1) is 0 Å². The number of amides is 1. The van der Waals surface area contributed by atoms with Gasteiger partial charge in [0.2, 0.25) is 0 Å². The van der Waals surface area contributed by atoms with Gasteiger partial charge in [0.25, 0.3) is 5.91 Å². The number of rotatable bonds is 3. The van der Waals surface area contributed by atoms with Crippen LogP contribution < -0.4 is 5.32 Å². The fraction of sp³-hybridized carbons (Fsp3) is 0.429. The van der Waals surface area contributed by atoms with Crippen LogP contribution in [-0.4, -0.2) is 23.0 Å². The molecule has 1 rings (SSSR count). The number of hydrogen-bond acceptors (Lipinski definition) is 2. The van der Waals surface area contributed by atoms with Gasteiger partial charge in [-0.05, 0) is 46.6 Å². The Morgan fingerprint density at radius 1 is 1.32 bits per heavy atom. The minimum absolute atomic E-state index is 0.351. The van der Waals surface area contributed by atoms with E-state index in [0.717, 1.165) is 9.13 Å². The Morgan fingerprint density at radius 2 is 1.89 bits per heavy atom. The predicted octanol–water partition coefficient (Wildman–Crippen LogP) is 2.83. The fourth-order valence-corrected chi connectivity index (χ4v) is 2.28. The van der Waals surface area contributed by atoms with Crippen LogP contribution in [0.1, 0.15) is 36.7 Å². The van der Waals surface area contributed by atoms with E-state index in [1.54, 1.807) is 32.9 Å². The molecule has 0 heterocycles. The molecular weight excluding hydrogens is 357 g/mol. The second-order valence-corrected chi connectivity index (χ2v) is 6.63. The van der Waals surface area contributed by atoms with Crippen LogP contribution in [0.5, 0.6) is 0 Å². The molecule has 0 unspecified atom stereocenters. The summed E-state index contributed by atoms with van der Waals surface area (Å²) < 4.78 is 0.843. The zero-order valence-corrected chi connectivity index (χ0v) is 13.6. The molecule has 0 saturated carbocycles. The summed E-state index contributed by atoms with van der Waals surface area (Å²) in [5, 5.41) is 11.8. The number of carbonyl (C=O) groups is 2. The maximum atomic E-state index is 12.2. The molecule has 0 spiro atoms. The molecule has 0 saturated heterocycles. The highest BCUT2D eigenvalue weighted by atomic mass is 127. The van der Waals surface area contributed by atoms with E-state index in [4.69, 9.17) is 0 Å². The van der Waals surface area contributed by atoms with Gasteiger partial charge < -0.3 is 10.4 Å². The smallest absolute Gasteiger partial charge is 0.326 e. The summed E-state index contributed by atoms with van der Waals surface area (Å²) in [7, 11) is 0. The molecular formula is C14H18INO3. The highest BCUT2D eigenvalue weighted by Gasteiger charge is 2.33. The molecule has 1 amide bonds. The van der Waals surface area contributed by atoms with Crippen LogP contribution in [0.3, 0.4) is 0 Å². The predicted molar refractivity (Wildman–Crippen MR) is 82.2 cm³/mol. The van der Waals surface area contributed by atoms with Crippen molar-refractivity contribution < 1.29 is 14.7 Å². The minimum atomic E-state index is -1.02. The molecule has 0 aromatic heterocycles. The maximum Gasteiger partial charge on any atom is 0.326 e. The Kier molecular flexibility index (Phi) is 4.95. The van der Waals surface area contributed by atoms with Gasteiger partial charge in [0, 0.05) is 3.57 Å². The Labute approximate surface area is 126 Å². The topological polar surface area (TPSA) is 66.4 Å². The molecule has 2 N–H and O–H groups in total. The van der Waals surface area contributed by atoms with E-state index in [9.17, 15) is 14.7 Å². The lowest BCUT2D eigenvalue weighted by molar-refractivity contribution is -0.142. The van der Waals surface area contributed by atoms with E-state index in [2.05, 4.69) is 27.9 Å². The summed E-state index contributed by atoms with van der Waals surface area (Å²) in [5.74, 6) is -1.38. The van der Waals surface area contributed by atoms with Gasteiger partial charge in [-0.2, -0.15) is 0 Å². The number of aryl methyl sites for hydroxylation is 1. The average molecular weight is 375 g/mol. The second kappa shape index (κ2) is 5.90. The molecule has 1 aromatic rings. The molecule has 0 fully saturated rings. The van der Waals surface area contributed by atoms with Gasteiger partial charge in [-0.3, -0.25) is 4.79 Å². The first-order valence-corrected chi connectivity index (χ1v) is 7.01. The zero-order valence-electron chi connectivity index (χ0n) is 11.5. The monoisotopic (exact) mass is 375 g/mol. The highest BCUT2D eigenvalue weighted by molar-refractivity contribution is 14.1. The van der Waals surface area contributed by atoms with Crippen LogP contribution in [-0.2, 0) is 4.79 Å². The minimum Gasteiger partial charge on any atom is -0.480 e. The van der Waals surface area contributed by atoms with Crippen LogP contribution >= 0.6 is 22.6 Å². The summed E-state index contributed by atoms with van der Waals surface area (Å²) in [5.41, 5.74) is 0.962. The largest absolute Gasteiger partial charge is 0.480 e. The van der Waals surface area contributed by atoms with Crippen molar-refractivity contribution >= 4 is 34.5 Å². The summed E-state index contributed by atoms with van der Waals surface area (Å²) >= 11 is 2.10. The molecule has 0 aliphatic rings. The molecule has 0 bridgehead atoms. The van der Waals surface area contributed by atoms with Gasteiger partial charge in [-0.25, -0.2) is 4.79 Å². The van der Waals surface area contributed by atoms with Gasteiger partial charge >= 0.3 is 5.97 Å². The molecule has 1 atom stereocenters. The van der Waals surface area contributed by atoms with Crippen molar-refractivity contribution in [2.75, 3.05) is 0 Å². The van der Waals surface area contributed by atoms with Crippen molar-refractivity contribution in [3.8, 4) is 0 Å². The van der Waals surface area contributed by atoms with Gasteiger partial charge in [-0.1, -0.05) is 32.9 Å². The number of carboxylic acids is 1. The highest BCUT2D eigenvalue weighted by Crippen LogP contribution is 2.21. The van der Waals surface area contributed by atoms with Crippen LogP contribution in [0.25, 0.3) is 0 Å². The number of hydrogen-bond donors (Lipinski definition) is 2. The number of halogens is 1. The van der Waals surface area contributed by atoms with E-state index >= 15 is 0 Å². The van der Waals surface area contributed by atoms with Crippen LogP contribution in [0.2, 0.25) is 0 Å². The normalized spacial score (nSPS) is 12.9. The lowest BCUT2D eigenvalue weighted by atomic mass is 9.86. The molecule has 5 heteroatoms. The fourth-order valence-electron chi connectivity index (χ4n) is 1.68. The van der Waals surface area contributed by atoms with E-state index in [-0.39, 0.29) is 5.91 Å². The van der Waals surface area contributed by atoms with Crippen LogP contribution in [0.4, 0.5) is 0 Å². The molecule has 4 nitrogen and oxygen atoms in total. The van der Waals surface area contributed by atoms with Crippen molar-refractivity contribution in [3.05, 3.63) is 32.9 Å². The van der Waals surface area contributed by atoms with E-state index in [0.29, 0.717) is 5.56 Å². The zero-order chi connectivity index (χ0) is 14.8. The third-order valence-electron chi connectivity index (χ3n) is 2.82. The number of benzene rings is 1. The second-order valence-electron chi connectivity index (χ2n) is 5.55. The van der Waals surface area contributed by atoms with E-state index < -0.39 is 17.4 Å². The van der Waals surface area contributed by atoms with E-state index in [1.807, 2.05) is 13.0 Å². The first-order valence-electron chi connectivity index (χ1n) is 5.93. The molecule has 104 valence electrons. The quantitative estimate of drug-likeness (QED) is 0.799. The van der Waals surface area contributed by atoms with Crippen molar-refractivity contribution in [2.24, 2.45) is 5.41 Å². The van der Waals surface area contributed by atoms with Gasteiger partial charge in [0.05, 0.1) is 5.56 Å². The van der Waals surface area contributed by atoms with Crippen molar-refractivity contribution in [2.45, 2.75) is 33.7 Å². The molecule has 0 aliphatic heterocycles. The lowest BCUT2D eigenvalue weighted by Gasteiger charge is -2.28. The third-order valence-corrected chi connectivity index (χ3v) is 4.26. The van der Waals surface area contributed by atoms with Crippen molar-refractivity contribution in [1.82, 2.24) is 5.32 Å². The molecule has 1 aromatic carbocycles. The SMILES string of the molecule is Cc1cccc(C(=O)N[C@@H](C(=O)O)C(C)(C)C)c1I. The number of carbonyl (C=O) groups excluding carboxylic acids is 1. The molecule has 0 aliphatic carbocycles. The van der Waals surface area contributed by atoms with Crippen molar-refractivity contribution in [3.63, 3.8) is 0 Å². The lowest BCUT2D eigenvalue weighted by Crippen LogP contribution is -2.49. The Bertz CT molecular complexity index is 506. The molecule has 19 heavy (non-hydrogen) atoms. The third kappa shape index (κ3) is 3.92. The van der Waals surface area contributed by atoms with Crippen molar-refractivity contribution in [1.29, 1.82) is 0 Å². The Hall–Kier alpha value is -1.11. The summed E-state index contributed by atoms with van der Waals surface area (Å²) in [6, 6.07) is 4.48. The Morgan fingerprint density at radius 3 is 2.37 bits per heavy atom. The maximum absolute atomic E-state index is 12.2. The summed E-state index contributed by atoms with van der Waals surface area (Å²) in [4.78, 5) is 23.4. The number of carboxylic acid groups (broad SMARTS) is 1. The standard InChI is InChI=1S/C14H18INO3/c1-8-6-5-7-9(10(8)15)12(17)16-11(13(18)19)14(2,3)4/h5-7,11H,1-4H3,(H,16,17)(H,18,19)/t11-/m0/s1. The number of aliphatic carboxylic acids is 1. The van der Waals surface area contributed by atoms with Crippen LogP contribution in [0.15, 0.2) is 18.2 Å². The number of nitrogens with one attached hydrogen (secondary N) is 1. The Balaban J connectivity index is 3.02. The first kappa shape index (κ1) is 15.9. The van der Waals surface area contributed by atoms with E-state index in [1.165, 1.54) is 0 Å².